The summed E-state index contributed by atoms with van der Waals surface area (Å²) in [5, 5.41) is 12.7. The quantitative estimate of drug-likeness (QED) is 0.245. The minimum absolute atomic E-state index is 0.112. The summed E-state index contributed by atoms with van der Waals surface area (Å²) in [6.45, 7) is 12.0. The average Bonchev–Trinajstić information content (AvgIpc) is 3.51. The first kappa shape index (κ1) is 27.7. The van der Waals surface area contributed by atoms with Crippen molar-refractivity contribution in [1.29, 1.82) is 0 Å². The van der Waals surface area contributed by atoms with Crippen LogP contribution in [0.15, 0.2) is 47.0 Å². The molecule has 1 aromatic carbocycles. The van der Waals surface area contributed by atoms with Gasteiger partial charge in [-0.1, -0.05) is 45.7 Å². The zero-order valence-electron chi connectivity index (χ0n) is 21.8. The molecule has 0 saturated carbocycles. The van der Waals surface area contributed by atoms with Crippen LogP contribution in [0.5, 0.6) is 11.5 Å². The molecule has 7 nitrogen and oxygen atoms in total. The van der Waals surface area contributed by atoms with Gasteiger partial charge in [0.05, 0.1) is 29.7 Å². The number of benzene rings is 1. The number of ether oxygens (including phenoxy) is 2. The van der Waals surface area contributed by atoms with E-state index in [1.165, 1.54) is 11.3 Å². The minimum atomic E-state index is -0.712. The Labute approximate surface area is 218 Å². The van der Waals surface area contributed by atoms with Crippen LogP contribution in [-0.2, 0) is 4.79 Å². The molecule has 8 heteroatoms. The normalized spacial score (nSPS) is 15.8. The molecule has 0 radical (unpaired) electrons. The van der Waals surface area contributed by atoms with Crippen LogP contribution in [0.4, 0.5) is 0 Å². The second-order valence-electron chi connectivity index (χ2n) is 8.69. The van der Waals surface area contributed by atoms with Gasteiger partial charge in [-0.25, -0.2) is 0 Å². The highest BCUT2D eigenvalue weighted by Crippen LogP contribution is 2.42. The van der Waals surface area contributed by atoms with Crippen molar-refractivity contribution in [3.8, 4) is 11.5 Å². The van der Waals surface area contributed by atoms with Crippen LogP contribution in [0.2, 0.25) is 0 Å². The van der Waals surface area contributed by atoms with Crippen molar-refractivity contribution in [1.82, 2.24) is 9.80 Å². The lowest BCUT2D eigenvalue weighted by Gasteiger charge is -2.29. The first-order valence-corrected chi connectivity index (χ1v) is 13.8. The lowest BCUT2D eigenvalue weighted by Crippen LogP contribution is -2.38. The molecule has 1 unspecified atom stereocenters. The third-order valence-corrected chi connectivity index (χ3v) is 7.30. The highest BCUT2D eigenvalue weighted by atomic mass is 32.1. The summed E-state index contributed by atoms with van der Waals surface area (Å²) in [7, 11) is 0. The number of nitrogens with zero attached hydrogens (tertiary/aromatic N) is 2. The number of amides is 1. The highest BCUT2D eigenvalue weighted by molar-refractivity contribution is 7.12. The van der Waals surface area contributed by atoms with Gasteiger partial charge in [0.2, 0.25) is 5.78 Å². The van der Waals surface area contributed by atoms with Gasteiger partial charge in [0.15, 0.2) is 17.3 Å². The number of carbonyl (C=O) groups excluding carboxylic acids is 2. The zero-order valence-corrected chi connectivity index (χ0v) is 22.6. The first-order chi connectivity index (χ1) is 17.5. The van der Waals surface area contributed by atoms with Gasteiger partial charge < -0.3 is 24.4 Å². The van der Waals surface area contributed by atoms with Gasteiger partial charge in [-0.3, -0.25) is 9.59 Å². The van der Waals surface area contributed by atoms with Crippen LogP contribution in [0.3, 0.4) is 0 Å². The number of unbranched alkanes of at least 4 members (excludes halogenated alkanes) is 2. The molecule has 1 aliphatic heterocycles. The molecule has 1 aromatic heterocycles. The topological polar surface area (TPSA) is 79.3 Å². The van der Waals surface area contributed by atoms with Crippen molar-refractivity contribution in [2.45, 2.75) is 53.0 Å². The van der Waals surface area contributed by atoms with E-state index in [-0.39, 0.29) is 11.4 Å². The Hall–Kier alpha value is -2.84. The largest absolute Gasteiger partial charge is 0.503 e. The number of Topliss-reactive ketones (excluding diaryl/α,β-unsaturated/α-hetero) is 1. The van der Waals surface area contributed by atoms with Gasteiger partial charge in [-0.05, 0) is 55.6 Å². The van der Waals surface area contributed by atoms with Crippen LogP contribution in [-0.4, -0.2) is 66.0 Å². The highest BCUT2D eigenvalue weighted by Gasteiger charge is 2.44. The Kier molecular flexibility index (Phi) is 10.4. The van der Waals surface area contributed by atoms with E-state index >= 15 is 0 Å². The molecule has 0 bridgehead atoms. The van der Waals surface area contributed by atoms with Crippen LogP contribution >= 0.6 is 11.3 Å². The van der Waals surface area contributed by atoms with E-state index in [4.69, 9.17) is 9.47 Å². The first-order valence-electron chi connectivity index (χ1n) is 12.9. The Morgan fingerprint density at radius 1 is 1.08 bits per heavy atom. The van der Waals surface area contributed by atoms with Gasteiger partial charge in [-0.2, -0.15) is 0 Å². The van der Waals surface area contributed by atoms with Crippen LogP contribution in [0.1, 0.15) is 68.2 Å². The summed E-state index contributed by atoms with van der Waals surface area (Å²) in [5.74, 6) is -0.128. The van der Waals surface area contributed by atoms with E-state index in [2.05, 4.69) is 25.7 Å². The minimum Gasteiger partial charge on any atom is -0.503 e. The van der Waals surface area contributed by atoms with Crippen molar-refractivity contribution in [2.75, 3.05) is 39.4 Å². The Morgan fingerprint density at radius 3 is 2.50 bits per heavy atom. The molecule has 0 saturated heterocycles. The molecule has 0 aliphatic carbocycles. The number of hydrogen-bond donors (Lipinski definition) is 1. The lowest BCUT2D eigenvalue weighted by atomic mass is 9.95. The maximum Gasteiger partial charge on any atom is 0.290 e. The summed E-state index contributed by atoms with van der Waals surface area (Å²) in [5.41, 5.74) is 0.817. The average molecular weight is 515 g/mol. The van der Waals surface area contributed by atoms with E-state index < -0.39 is 17.7 Å². The number of aliphatic hydroxyl groups excluding tert-OH is 1. The molecule has 36 heavy (non-hydrogen) atoms. The van der Waals surface area contributed by atoms with Gasteiger partial charge in [0, 0.05) is 13.1 Å². The standard InChI is InChI=1S/C28H38N2O5S/c1-5-9-10-17-35-21-14-13-20(19-22(21)34-8-4)25-24(26(31)23-12-11-18-36-23)27(32)28(33)30(25)16-15-29(6-2)7-3/h11-14,18-19,25,32H,5-10,15-17H2,1-4H3. The summed E-state index contributed by atoms with van der Waals surface area (Å²) in [6.07, 6.45) is 3.15. The molecule has 196 valence electrons. The van der Waals surface area contributed by atoms with E-state index in [1.54, 1.807) is 17.0 Å². The molecule has 3 rings (SSSR count). The molecule has 0 fully saturated rings. The molecule has 1 amide bonds. The van der Waals surface area contributed by atoms with Gasteiger partial charge in [0.25, 0.3) is 5.91 Å². The fourth-order valence-corrected chi connectivity index (χ4v) is 5.09. The van der Waals surface area contributed by atoms with Gasteiger partial charge in [0.1, 0.15) is 0 Å². The molecule has 0 spiro atoms. The Balaban J connectivity index is 2.00. The van der Waals surface area contributed by atoms with Crippen LogP contribution in [0.25, 0.3) is 0 Å². The maximum atomic E-state index is 13.5. The van der Waals surface area contributed by atoms with Crippen LogP contribution in [0, 0.1) is 0 Å². The molecule has 1 N–H and O–H groups in total. The summed E-state index contributed by atoms with van der Waals surface area (Å²) in [4.78, 5) is 31.0. The smallest absolute Gasteiger partial charge is 0.290 e. The monoisotopic (exact) mass is 514 g/mol. The van der Waals surface area contributed by atoms with Crippen LogP contribution < -0.4 is 9.47 Å². The number of thiophene rings is 1. The Bertz CT molecular complexity index is 1050. The van der Waals surface area contributed by atoms with Crippen molar-refractivity contribution >= 4 is 23.0 Å². The summed E-state index contributed by atoms with van der Waals surface area (Å²) < 4.78 is 11.9. The Morgan fingerprint density at radius 2 is 1.86 bits per heavy atom. The fourth-order valence-electron chi connectivity index (χ4n) is 4.41. The van der Waals surface area contributed by atoms with E-state index in [9.17, 15) is 14.7 Å². The predicted octanol–water partition coefficient (Wildman–Crippen LogP) is 5.64. The number of carbonyl (C=O) groups is 2. The molecule has 2 aromatic rings. The molecule has 2 heterocycles. The van der Waals surface area contributed by atoms with Gasteiger partial charge in [-0.15, -0.1) is 11.3 Å². The third kappa shape index (κ3) is 6.28. The fraction of sp³-hybridized carbons (Fsp3) is 0.500. The molecular formula is C28H38N2O5S. The zero-order chi connectivity index (χ0) is 26.1. The number of rotatable bonds is 15. The number of aliphatic hydroxyl groups is 1. The second-order valence-corrected chi connectivity index (χ2v) is 9.64. The number of likely N-dealkylation sites (N-methyl/N-ethyl adjacent to an activating group) is 1. The molecular weight excluding hydrogens is 476 g/mol. The van der Waals surface area contributed by atoms with Crippen molar-refractivity contribution in [3.63, 3.8) is 0 Å². The summed E-state index contributed by atoms with van der Waals surface area (Å²) in [6, 6.07) is 8.32. The SMILES string of the molecule is CCCCCOc1ccc(C2C(C(=O)c3cccs3)=C(O)C(=O)N2CCN(CC)CC)cc1OCC. The van der Waals surface area contributed by atoms with Crippen molar-refractivity contribution < 1.29 is 24.2 Å². The van der Waals surface area contributed by atoms with Gasteiger partial charge >= 0.3 is 0 Å². The maximum absolute atomic E-state index is 13.5. The summed E-state index contributed by atoms with van der Waals surface area (Å²) >= 11 is 1.29. The molecule has 1 aliphatic rings. The van der Waals surface area contributed by atoms with Crippen molar-refractivity contribution in [3.05, 3.63) is 57.5 Å². The predicted molar refractivity (Wildman–Crippen MR) is 143 cm³/mol. The number of ketones is 1. The van der Waals surface area contributed by atoms with Crippen molar-refractivity contribution in [2.24, 2.45) is 0 Å². The number of hydrogen-bond acceptors (Lipinski definition) is 7. The van der Waals surface area contributed by atoms with E-state index in [0.29, 0.717) is 48.2 Å². The van der Waals surface area contributed by atoms with E-state index in [1.807, 2.05) is 30.5 Å². The third-order valence-electron chi connectivity index (χ3n) is 6.43. The second kappa shape index (κ2) is 13.5. The molecule has 1 atom stereocenters. The van der Waals surface area contributed by atoms with E-state index in [0.717, 1.165) is 32.4 Å². The lowest BCUT2D eigenvalue weighted by molar-refractivity contribution is -0.129.